The van der Waals surface area contributed by atoms with Crippen LogP contribution < -0.4 is 5.32 Å². The van der Waals surface area contributed by atoms with E-state index in [2.05, 4.69) is 5.32 Å². The van der Waals surface area contributed by atoms with E-state index in [1.807, 2.05) is 24.3 Å². The Hall–Kier alpha value is -0.670. The van der Waals surface area contributed by atoms with Gasteiger partial charge in [-0.05, 0) is 55.4 Å². The van der Waals surface area contributed by atoms with Gasteiger partial charge in [-0.3, -0.25) is 4.79 Å². The molecule has 0 aromatic heterocycles. The zero-order valence-corrected chi connectivity index (χ0v) is 12.3. The highest BCUT2D eigenvalue weighted by Crippen LogP contribution is 2.44. The molecular weight excluding hydrogens is 278 g/mol. The Balaban J connectivity index is 1.45. The maximum absolute atomic E-state index is 12.0. The van der Waals surface area contributed by atoms with E-state index in [9.17, 15) is 4.79 Å². The third kappa shape index (κ3) is 3.26. The predicted molar refractivity (Wildman–Crippen MR) is 79.6 cm³/mol. The average Bonchev–Trinajstić information content (AvgIpc) is 3.00. The molecule has 0 saturated heterocycles. The third-order valence-corrected chi connectivity index (χ3v) is 5.53. The molecule has 0 heterocycles. The smallest absolute Gasteiger partial charge is 0.230 e. The molecular formula is C15H18ClNOS. The molecule has 0 radical (unpaired) electrons. The highest BCUT2D eigenvalue weighted by Gasteiger charge is 2.39. The number of thioether (sulfide) groups is 1. The first-order valence-electron chi connectivity index (χ1n) is 6.88. The fourth-order valence-electron chi connectivity index (χ4n) is 3.35. The van der Waals surface area contributed by atoms with Crippen LogP contribution in [0.1, 0.15) is 25.7 Å². The predicted octanol–water partition coefficient (Wildman–Crippen LogP) is 3.74. The quantitative estimate of drug-likeness (QED) is 0.858. The van der Waals surface area contributed by atoms with Crippen molar-refractivity contribution < 1.29 is 4.79 Å². The first-order valence-corrected chi connectivity index (χ1v) is 8.25. The van der Waals surface area contributed by atoms with Gasteiger partial charge in [-0.25, -0.2) is 0 Å². The van der Waals surface area contributed by atoms with Crippen LogP contribution in [-0.2, 0) is 4.79 Å². The lowest BCUT2D eigenvalue weighted by Gasteiger charge is -2.22. The standard InChI is InChI=1S/C15H18ClNOS/c16-12-3-5-13(6-4-12)19-9-15(18)17-14-8-10-1-2-11(14)7-10/h3-6,10-11,14H,1-2,7-9H2,(H,17,18)/t10-,11+,14-/m0/s1. The van der Waals surface area contributed by atoms with E-state index in [-0.39, 0.29) is 5.91 Å². The summed E-state index contributed by atoms with van der Waals surface area (Å²) in [5, 5.41) is 3.94. The lowest BCUT2D eigenvalue weighted by atomic mass is 9.95. The Morgan fingerprint density at radius 1 is 1.26 bits per heavy atom. The van der Waals surface area contributed by atoms with Crippen molar-refractivity contribution in [1.82, 2.24) is 5.32 Å². The van der Waals surface area contributed by atoms with Gasteiger partial charge in [0.15, 0.2) is 0 Å². The van der Waals surface area contributed by atoms with Gasteiger partial charge in [-0.15, -0.1) is 11.8 Å². The van der Waals surface area contributed by atoms with Crippen molar-refractivity contribution >= 4 is 29.3 Å². The molecule has 1 aromatic carbocycles. The summed E-state index contributed by atoms with van der Waals surface area (Å²) in [6.07, 6.45) is 5.20. The number of rotatable bonds is 4. The van der Waals surface area contributed by atoms with Crippen LogP contribution in [0.5, 0.6) is 0 Å². The molecule has 1 aromatic rings. The Kier molecular flexibility index (Phi) is 4.04. The van der Waals surface area contributed by atoms with E-state index in [1.54, 1.807) is 11.8 Å². The van der Waals surface area contributed by atoms with Gasteiger partial charge in [0, 0.05) is 16.0 Å². The van der Waals surface area contributed by atoms with Crippen LogP contribution in [0.3, 0.4) is 0 Å². The van der Waals surface area contributed by atoms with Gasteiger partial charge in [-0.1, -0.05) is 18.0 Å². The fraction of sp³-hybridized carbons (Fsp3) is 0.533. The summed E-state index contributed by atoms with van der Waals surface area (Å²) in [6.45, 7) is 0. The minimum Gasteiger partial charge on any atom is -0.352 e. The highest BCUT2D eigenvalue weighted by molar-refractivity contribution is 8.00. The van der Waals surface area contributed by atoms with E-state index < -0.39 is 0 Å². The van der Waals surface area contributed by atoms with Crippen molar-refractivity contribution in [3.05, 3.63) is 29.3 Å². The molecule has 1 amide bonds. The van der Waals surface area contributed by atoms with Crippen molar-refractivity contribution in [2.75, 3.05) is 5.75 Å². The number of carbonyl (C=O) groups excluding carboxylic acids is 1. The maximum Gasteiger partial charge on any atom is 0.230 e. The minimum absolute atomic E-state index is 0.164. The normalized spacial score (nSPS) is 28.6. The van der Waals surface area contributed by atoms with Gasteiger partial charge in [-0.2, -0.15) is 0 Å². The number of amides is 1. The molecule has 2 aliphatic rings. The molecule has 19 heavy (non-hydrogen) atoms. The molecule has 0 aliphatic heterocycles. The van der Waals surface area contributed by atoms with E-state index in [1.165, 1.54) is 25.7 Å². The second-order valence-electron chi connectivity index (χ2n) is 5.59. The molecule has 0 spiro atoms. The van der Waals surface area contributed by atoms with Crippen molar-refractivity contribution in [1.29, 1.82) is 0 Å². The topological polar surface area (TPSA) is 29.1 Å². The van der Waals surface area contributed by atoms with Gasteiger partial charge in [0.1, 0.15) is 0 Å². The molecule has 2 nitrogen and oxygen atoms in total. The highest BCUT2D eigenvalue weighted by atomic mass is 35.5. The van der Waals surface area contributed by atoms with Crippen LogP contribution in [-0.4, -0.2) is 17.7 Å². The van der Waals surface area contributed by atoms with Crippen molar-refractivity contribution in [3.8, 4) is 0 Å². The van der Waals surface area contributed by atoms with Crippen molar-refractivity contribution in [3.63, 3.8) is 0 Å². The van der Waals surface area contributed by atoms with Crippen LogP contribution >= 0.6 is 23.4 Å². The van der Waals surface area contributed by atoms with Gasteiger partial charge in [0.2, 0.25) is 5.91 Å². The van der Waals surface area contributed by atoms with E-state index in [4.69, 9.17) is 11.6 Å². The SMILES string of the molecule is O=C(CSc1ccc(Cl)cc1)N[C@H]1C[C@H]2CC[C@@H]1C2. The first kappa shape index (κ1) is 13.3. The number of carbonyl (C=O) groups is 1. The number of hydrogen-bond acceptors (Lipinski definition) is 2. The Morgan fingerprint density at radius 2 is 2.05 bits per heavy atom. The number of halogens is 1. The molecule has 3 rings (SSSR count). The van der Waals surface area contributed by atoms with Crippen LogP contribution in [0, 0.1) is 11.8 Å². The van der Waals surface area contributed by atoms with E-state index in [0.717, 1.165) is 21.8 Å². The zero-order chi connectivity index (χ0) is 13.2. The Morgan fingerprint density at radius 3 is 2.68 bits per heavy atom. The molecule has 4 heteroatoms. The van der Waals surface area contributed by atoms with Gasteiger partial charge in [0.25, 0.3) is 0 Å². The van der Waals surface area contributed by atoms with E-state index in [0.29, 0.717) is 11.8 Å². The van der Waals surface area contributed by atoms with Crippen LogP contribution in [0.2, 0.25) is 5.02 Å². The molecule has 2 aliphatic carbocycles. The zero-order valence-electron chi connectivity index (χ0n) is 10.8. The monoisotopic (exact) mass is 295 g/mol. The summed E-state index contributed by atoms with van der Waals surface area (Å²) in [5.41, 5.74) is 0. The summed E-state index contributed by atoms with van der Waals surface area (Å²) < 4.78 is 0. The third-order valence-electron chi connectivity index (χ3n) is 4.27. The fourth-order valence-corrected chi connectivity index (χ4v) is 4.19. The lowest BCUT2D eigenvalue weighted by molar-refractivity contribution is -0.119. The number of benzene rings is 1. The second kappa shape index (κ2) is 5.76. The Labute approximate surface area is 123 Å². The molecule has 1 N–H and O–H groups in total. The maximum atomic E-state index is 12.0. The van der Waals surface area contributed by atoms with Crippen LogP contribution in [0.4, 0.5) is 0 Å². The second-order valence-corrected chi connectivity index (χ2v) is 7.08. The van der Waals surface area contributed by atoms with Gasteiger partial charge >= 0.3 is 0 Å². The lowest BCUT2D eigenvalue weighted by Crippen LogP contribution is -2.39. The summed E-state index contributed by atoms with van der Waals surface area (Å²) in [4.78, 5) is 13.0. The Bertz CT molecular complexity index is 462. The van der Waals surface area contributed by atoms with Gasteiger partial charge in [0.05, 0.1) is 5.75 Å². The molecule has 2 saturated carbocycles. The minimum atomic E-state index is 0.164. The van der Waals surface area contributed by atoms with E-state index >= 15 is 0 Å². The number of nitrogens with one attached hydrogen (secondary N) is 1. The number of hydrogen-bond donors (Lipinski definition) is 1. The molecule has 3 atom stereocenters. The average molecular weight is 296 g/mol. The summed E-state index contributed by atoms with van der Waals surface area (Å²) in [5.74, 6) is 2.28. The number of fused-ring (bicyclic) bond motifs is 2. The molecule has 0 unspecified atom stereocenters. The molecule has 102 valence electrons. The van der Waals surface area contributed by atoms with Crippen molar-refractivity contribution in [2.45, 2.75) is 36.6 Å². The van der Waals surface area contributed by atoms with Crippen LogP contribution in [0.25, 0.3) is 0 Å². The molecule has 2 fully saturated rings. The summed E-state index contributed by atoms with van der Waals surface area (Å²) >= 11 is 7.41. The summed E-state index contributed by atoms with van der Waals surface area (Å²) in [7, 11) is 0. The summed E-state index contributed by atoms with van der Waals surface area (Å²) in [6, 6.07) is 8.07. The van der Waals surface area contributed by atoms with Crippen molar-refractivity contribution in [2.24, 2.45) is 11.8 Å². The largest absolute Gasteiger partial charge is 0.352 e. The molecule has 2 bridgehead atoms. The van der Waals surface area contributed by atoms with Gasteiger partial charge < -0.3 is 5.32 Å². The first-order chi connectivity index (χ1) is 9.20. The van der Waals surface area contributed by atoms with Crippen LogP contribution in [0.15, 0.2) is 29.2 Å².